The van der Waals surface area contributed by atoms with Crippen molar-refractivity contribution in [3.05, 3.63) is 30.1 Å². The molecule has 0 amide bonds. The number of hydrogen-bond acceptors (Lipinski definition) is 3. The van der Waals surface area contributed by atoms with E-state index in [1.165, 1.54) is 5.56 Å². The highest BCUT2D eigenvalue weighted by Crippen LogP contribution is 2.31. The summed E-state index contributed by atoms with van der Waals surface area (Å²) in [5, 5.41) is 3.47. The summed E-state index contributed by atoms with van der Waals surface area (Å²) < 4.78 is 0. The van der Waals surface area contributed by atoms with Gasteiger partial charge in [0.15, 0.2) is 0 Å². The van der Waals surface area contributed by atoms with Gasteiger partial charge in [0.2, 0.25) is 0 Å². The Morgan fingerprint density at radius 1 is 1.50 bits per heavy atom. The van der Waals surface area contributed by atoms with Crippen molar-refractivity contribution in [2.24, 2.45) is 5.73 Å². The molecule has 0 aliphatic heterocycles. The van der Waals surface area contributed by atoms with Crippen molar-refractivity contribution < 1.29 is 0 Å². The van der Waals surface area contributed by atoms with E-state index in [1.54, 1.807) is 0 Å². The largest absolute Gasteiger partial charge is 0.324 e. The van der Waals surface area contributed by atoms with E-state index >= 15 is 0 Å². The van der Waals surface area contributed by atoms with Crippen LogP contribution in [0.2, 0.25) is 0 Å². The second kappa shape index (κ2) is 4.15. The highest BCUT2D eigenvalue weighted by atomic mass is 15.0. The molecule has 88 valence electrons. The number of aromatic nitrogens is 1. The fourth-order valence-electron chi connectivity index (χ4n) is 1.83. The molecule has 0 unspecified atom stereocenters. The maximum absolute atomic E-state index is 6.04. The van der Waals surface area contributed by atoms with Crippen LogP contribution in [0.5, 0.6) is 0 Å². The van der Waals surface area contributed by atoms with Crippen LogP contribution in [0.4, 0.5) is 0 Å². The SMILES string of the molecule is CC(C)(CNCC1(N)CC1)c1cccnc1. The van der Waals surface area contributed by atoms with Crippen molar-refractivity contribution in [1.82, 2.24) is 10.3 Å². The van der Waals surface area contributed by atoms with Gasteiger partial charge in [0.25, 0.3) is 0 Å². The summed E-state index contributed by atoms with van der Waals surface area (Å²) in [6.45, 7) is 6.33. The van der Waals surface area contributed by atoms with Crippen LogP contribution >= 0.6 is 0 Å². The highest BCUT2D eigenvalue weighted by Gasteiger charge is 2.37. The van der Waals surface area contributed by atoms with Crippen molar-refractivity contribution in [2.45, 2.75) is 37.6 Å². The lowest BCUT2D eigenvalue weighted by Crippen LogP contribution is -2.41. The molecule has 1 fully saturated rings. The van der Waals surface area contributed by atoms with Gasteiger partial charge in [0, 0.05) is 36.4 Å². The number of nitrogens with two attached hydrogens (primary N) is 1. The Bertz CT molecular complexity index is 341. The number of nitrogens with zero attached hydrogens (tertiary/aromatic N) is 1. The number of rotatable bonds is 5. The first-order chi connectivity index (χ1) is 7.52. The van der Waals surface area contributed by atoms with Gasteiger partial charge in [-0.05, 0) is 24.5 Å². The summed E-state index contributed by atoms with van der Waals surface area (Å²) in [5.74, 6) is 0. The van der Waals surface area contributed by atoms with E-state index in [4.69, 9.17) is 5.73 Å². The molecule has 0 saturated heterocycles. The second-order valence-electron chi connectivity index (χ2n) is 5.59. The van der Waals surface area contributed by atoms with E-state index in [2.05, 4.69) is 30.2 Å². The molecule has 1 aromatic heterocycles. The fourth-order valence-corrected chi connectivity index (χ4v) is 1.83. The van der Waals surface area contributed by atoms with Gasteiger partial charge in [-0.3, -0.25) is 4.98 Å². The molecular weight excluding hydrogens is 198 g/mol. The van der Waals surface area contributed by atoms with Crippen LogP contribution in [0, 0.1) is 0 Å². The standard InChI is InChI=1S/C13H21N3/c1-12(2,11-4-3-7-15-8-11)9-16-10-13(14)5-6-13/h3-4,7-8,16H,5-6,9-10,14H2,1-2H3. The Morgan fingerprint density at radius 2 is 2.25 bits per heavy atom. The molecular formula is C13H21N3. The van der Waals surface area contributed by atoms with Gasteiger partial charge in [0.1, 0.15) is 0 Å². The van der Waals surface area contributed by atoms with Crippen LogP contribution in [0.3, 0.4) is 0 Å². The third-order valence-corrected chi connectivity index (χ3v) is 3.38. The Morgan fingerprint density at radius 3 is 2.81 bits per heavy atom. The molecule has 2 rings (SSSR count). The minimum atomic E-state index is 0.0883. The van der Waals surface area contributed by atoms with Crippen LogP contribution in [-0.4, -0.2) is 23.6 Å². The molecule has 1 heterocycles. The predicted molar refractivity (Wildman–Crippen MR) is 66.3 cm³/mol. The summed E-state index contributed by atoms with van der Waals surface area (Å²) in [5.41, 5.74) is 7.51. The van der Waals surface area contributed by atoms with E-state index in [0.29, 0.717) is 0 Å². The molecule has 0 atom stereocenters. The second-order valence-corrected chi connectivity index (χ2v) is 5.59. The van der Waals surface area contributed by atoms with Crippen molar-refractivity contribution in [3.8, 4) is 0 Å². The molecule has 0 spiro atoms. The van der Waals surface area contributed by atoms with Crippen molar-refractivity contribution in [1.29, 1.82) is 0 Å². The lowest BCUT2D eigenvalue weighted by Gasteiger charge is -2.26. The van der Waals surface area contributed by atoms with Crippen molar-refractivity contribution >= 4 is 0 Å². The molecule has 0 aromatic carbocycles. The van der Waals surface area contributed by atoms with E-state index in [9.17, 15) is 0 Å². The smallest absolute Gasteiger partial charge is 0.0305 e. The van der Waals surface area contributed by atoms with Gasteiger partial charge in [-0.15, -0.1) is 0 Å². The first-order valence-electron chi connectivity index (χ1n) is 5.92. The minimum Gasteiger partial charge on any atom is -0.324 e. The van der Waals surface area contributed by atoms with Crippen LogP contribution in [0.15, 0.2) is 24.5 Å². The van der Waals surface area contributed by atoms with E-state index in [-0.39, 0.29) is 11.0 Å². The molecule has 0 bridgehead atoms. The number of hydrogen-bond donors (Lipinski definition) is 2. The number of nitrogens with one attached hydrogen (secondary N) is 1. The van der Waals surface area contributed by atoms with Gasteiger partial charge in [-0.2, -0.15) is 0 Å². The van der Waals surface area contributed by atoms with Crippen LogP contribution in [0.1, 0.15) is 32.3 Å². The molecule has 0 radical (unpaired) electrons. The molecule has 1 aliphatic rings. The summed E-state index contributed by atoms with van der Waals surface area (Å²) in [7, 11) is 0. The topological polar surface area (TPSA) is 50.9 Å². The first kappa shape index (κ1) is 11.6. The lowest BCUT2D eigenvalue weighted by molar-refractivity contribution is 0.447. The minimum absolute atomic E-state index is 0.0883. The van der Waals surface area contributed by atoms with Gasteiger partial charge in [0.05, 0.1) is 0 Å². The van der Waals surface area contributed by atoms with Crippen molar-refractivity contribution in [2.75, 3.05) is 13.1 Å². The van der Waals surface area contributed by atoms with Crippen LogP contribution in [0.25, 0.3) is 0 Å². The molecule has 1 saturated carbocycles. The molecule has 3 nitrogen and oxygen atoms in total. The van der Waals surface area contributed by atoms with Gasteiger partial charge >= 0.3 is 0 Å². The molecule has 3 heteroatoms. The monoisotopic (exact) mass is 219 g/mol. The third-order valence-electron chi connectivity index (χ3n) is 3.38. The van der Waals surface area contributed by atoms with Gasteiger partial charge in [-0.1, -0.05) is 19.9 Å². The van der Waals surface area contributed by atoms with E-state index < -0.39 is 0 Å². The first-order valence-corrected chi connectivity index (χ1v) is 5.92. The Hall–Kier alpha value is -0.930. The van der Waals surface area contributed by atoms with Gasteiger partial charge in [-0.25, -0.2) is 0 Å². The summed E-state index contributed by atoms with van der Waals surface area (Å²) >= 11 is 0. The summed E-state index contributed by atoms with van der Waals surface area (Å²) in [4.78, 5) is 4.17. The average molecular weight is 219 g/mol. The average Bonchev–Trinajstić information content (AvgIpc) is 2.98. The highest BCUT2D eigenvalue weighted by molar-refractivity contribution is 5.20. The molecule has 1 aliphatic carbocycles. The lowest BCUT2D eigenvalue weighted by atomic mass is 9.85. The fraction of sp³-hybridized carbons (Fsp3) is 0.615. The molecule has 3 N–H and O–H groups in total. The zero-order valence-corrected chi connectivity index (χ0v) is 10.2. The van der Waals surface area contributed by atoms with Gasteiger partial charge < -0.3 is 11.1 Å². The van der Waals surface area contributed by atoms with E-state index in [1.807, 2.05) is 18.5 Å². The third kappa shape index (κ3) is 2.80. The quantitative estimate of drug-likeness (QED) is 0.788. The Labute approximate surface area is 97.5 Å². The molecule has 1 aromatic rings. The number of pyridine rings is 1. The Balaban J connectivity index is 1.87. The Kier molecular flexibility index (Phi) is 3.00. The summed E-state index contributed by atoms with van der Waals surface area (Å²) in [6, 6.07) is 4.12. The molecule has 16 heavy (non-hydrogen) atoms. The summed E-state index contributed by atoms with van der Waals surface area (Å²) in [6.07, 6.45) is 6.07. The maximum Gasteiger partial charge on any atom is 0.0305 e. The zero-order valence-electron chi connectivity index (χ0n) is 10.2. The normalized spacial score (nSPS) is 18.4. The predicted octanol–water partition coefficient (Wildman–Crippen LogP) is 1.44. The van der Waals surface area contributed by atoms with Crippen LogP contribution in [-0.2, 0) is 5.41 Å². The maximum atomic E-state index is 6.04. The van der Waals surface area contributed by atoms with Crippen LogP contribution < -0.4 is 11.1 Å². The van der Waals surface area contributed by atoms with Crippen molar-refractivity contribution in [3.63, 3.8) is 0 Å². The van der Waals surface area contributed by atoms with E-state index in [0.717, 1.165) is 25.9 Å². The zero-order chi connectivity index (χ0) is 11.6.